The standard InChI is InChI=1S/C14H10N2O3S/c17-10-4-1-3-9(7-10)16-12(13-5-2-6-20-13)8-11(15-16)14(18)19/h1-8,17H,(H,18,19). The van der Waals surface area contributed by atoms with Gasteiger partial charge in [0.2, 0.25) is 0 Å². The Bertz CT molecular complexity index is 763. The lowest BCUT2D eigenvalue weighted by atomic mass is 10.2. The first-order chi connectivity index (χ1) is 9.65. The number of aromatic hydroxyl groups is 1. The van der Waals surface area contributed by atoms with Crippen LogP contribution in [0, 0.1) is 0 Å². The fourth-order valence-electron chi connectivity index (χ4n) is 1.91. The fourth-order valence-corrected chi connectivity index (χ4v) is 2.63. The van der Waals surface area contributed by atoms with E-state index in [9.17, 15) is 9.90 Å². The molecule has 3 aromatic rings. The Morgan fingerprint density at radius 3 is 2.70 bits per heavy atom. The van der Waals surface area contributed by atoms with Crippen molar-refractivity contribution < 1.29 is 15.0 Å². The zero-order valence-corrected chi connectivity index (χ0v) is 11.0. The third-order valence-electron chi connectivity index (χ3n) is 2.78. The van der Waals surface area contributed by atoms with Gasteiger partial charge in [0.1, 0.15) is 5.75 Å². The molecule has 100 valence electrons. The number of phenolic OH excluding ortho intramolecular Hbond substituents is 1. The highest BCUT2D eigenvalue weighted by atomic mass is 32.1. The Hall–Kier alpha value is -2.60. The Morgan fingerprint density at radius 2 is 2.05 bits per heavy atom. The molecule has 6 heteroatoms. The number of hydrogen-bond acceptors (Lipinski definition) is 4. The quantitative estimate of drug-likeness (QED) is 0.776. The Labute approximate surface area is 118 Å². The smallest absolute Gasteiger partial charge is 0.356 e. The van der Waals surface area contributed by atoms with Crippen LogP contribution in [0.4, 0.5) is 0 Å². The van der Waals surface area contributed by atoms with E-state index < -0.39 is 5.97 Å². The highest BCUT2D eigenvalue weighted by Gasteiger charge is 2.16. The maximum Gasteiger partial charge on any atom is 0.356 e. The SMILES string of the molecule is O=C(O)c1cc(-c2cccs2)n(-c2cccc(O)c2)n1. The van der Waals surface area contributed by atoms with Gasteiger partial charge in [0, 0.05) is 12.1 Å². The van der Waals surface area contributed by atoms with Crippen molar-refractivity contribution in [3.8, 4) is 22.0 Å². The van der Waals surface area contributed by atoms with Crippen LogP contribution in [0.3, 0.4) is 0 Å². The first-order valence-electron chi connectivity index (χ1n) is 5.82. The lowest BCUT2D eigenvalue weighted by Crippen LogP contribution is -2.01. The Kier molecular flexibility index (Phi) is 3.00. The van der Waals surface area contributed by atoms with Gasteiger partial charge in [-0.3, -0.25) is 0 Å². The molecule has 0 aliphatic heterocycles. The van der Waals surface area contributed by atoms with Crippen molar-refractivity contribution in [3.05, 3.63) is 53.5 Å². The molecular weight excluding hydrogens is 276 g/mol. The summed E-state index contributed by atoms with van der Waals surface area (Å²) in [6.45, 7) is 0. The van der Waals surface area contributed by atoms with Gasteiger partial charge < -0.3 is 10.2 Å². The molecular formula is C14H10N2O3S. The van der Waals surface area contributed by atoms with E-state index in [2.05, 4.69) is 5.10 Å². The Morgan fingerprint density at radius 1 is 1.20 bits per heavy atom. The number of nitrogens with zero attached hydrogens (tertiary/aromatic N) is 2. The molecule has 0 aliphatic carbocycles. The number of hydrogen-bond donors (Lipinski definition) is 2. The maximum absolute atomic E-state index is 11.1. The largest absolute Gasteiger partial charge is 0.508 e. The molecule has 0 spiro atoms. The molecule has 20 heavy (non-hydrogen) atoms. The molecule has 2 aromatic heterocycles. The van der Waals surface area contributed by atoms with Crippen LogP contribution in [-0.2, 0) is 0 Å². The second-order valence-electron chi connectivity index (χ2n) is 4.13. The van der Waals surface area contributed by atoms with Crippen LogP contribution >= 0.6 is 11.3 Å². The van der Waals surface area contributed by atoms with Crippen molar-refractivity contribution in [1.29, 1.82) is 0 Å². The van der Waals surface area contributed by atoms with Crippen molar-refractivity contribution in [2.24, 2.45) is 0 Å². The number of aromatic nitrogens is 2. The molecule has 0 unspecified atom stereocenters. The average molecular weight is 286 g/mol. The predicted molar refractivity (Wildman–Crippen MR) is 75.5 cm³/mol. The second-order valence-corrected chi connectivity index (χ2v) is 5.08. The molecule has 2 heterocycles. The minimum Gasteiger partial charge on any atom is -0.508 e. The summed E-state index contributed by atoms with van der Waals surface area (Å²) in [4.78, 5) is 12.0. The highest BCUT2D eigenvalue weighted by molar-refractivity contribution is 7.13. The first-order valence-corrected chi connectivity index (χ1v) is 6.70. The maximum atomic E-state index is 11.1. The van der Waals surface area contributed by atoms with Gasteiger partial charge in [0.05, 0.1) is 16.3 Å². The van der Waals surface area contributed by atoms with Crippen LogP contribution in [-0.4, -0.2) is 26.0 Å². The zero-order chi connectivity index (χ0) is 14.1. The van der Waals surface area contributed by atoms with Crippen molar-refractivity contribution in [3.63, 3.8) is 0 Å². The molecule has 0 radical (unpaired) electrons. The molecule has 0 fully saturated rings. The number of aromatic carboxylic acids is 1. The third-order valence-corrected chi connectivity index (χ3v) is 3.67. The first kappa shape index (κ1) is 12.4. The van der Waals surface area contributed by atoms with E-state index in [1.54, 1.807) is 18.2 Å². The fraction of sp³-hybridized carbons (Fsp3) is 0. The molecule has 0 saturated heterocycles. The number of rotatable bonds is 3. The number of phenols is 1. The molecule has 3 rings (SSSR count). The van der Waals surface area contributed by atoms with Gasteiger partial charge in [0.25, 0.3) is 0 Å². The summed E-state index contributed by atoms with van der Waals surface area (Å²) in [5.41, 5.74) is 1.26. The average Bonchev–Trinajstić information content (AvgIpc) is 3.07. The van der Waals surface area contributed by atoms with Gasteiger partial charge in [-0.2, -0.15) is 5.10 Å². The van der Waals surface area contributed by atoms with Crippen LogP contribution in [0.25, 0.3) is 16.3 Å². The lowest BCUT2D eigenvalue weighted by molar-refractivity contribution is 0.0690. The number of carboxylic acids is 1. The third kappa shape index (κ3) is 2.17. The molecule has 0 amide bonds. The normalized spacial score (nSPS) is 10.6. The Balaban J connectivity index is 2.21. The minimum absolute atomic E-state index is 0.0308. The number of benzene rings is 1. The summed E-state index contributed by atoms with van der Waals surface area (Å²) >= 11 is 1.50. The molecule has 5 nitrogen and oxygen atoms in total. The number of carbonyl (C=O) groups is 1. The van der Waals surface area contributed by atoms with E-state index in [0.717, 1.165) is 4.88 Å². The summed E-state index contributed by atoms with van der Waals surface area (Å²) in [5.74, 6) is -0.978. The van der Waals surface area contributed by atoms with E-state index in [4.69, 9.17) is 5.11 Å². The summed E-state index contributed by atoms with van der Waals surface area (Å²) < 4.78 is 1.52. The molecule has 0 aliphatic rings. The van der Waals surface area contributed by atoms with E-state index in [0.29, 0.717) is 11.4 Å². The van der Waals surface area contributed by atoms with E-state index in [1.165, 1.54) is 28.2 Å². The van der Waals surface area contributed by atoms with Gasteiger partial charge in [-0.1, -0.05) is 12.1 Å². The molecule has 0 atom stereocenters. The van der Waals surface area contributed by atoms with Gasteiger partial charge >= 0.3 is 5.97 Å². The van der Waals surface area contributed by atoms with Crippen LogP contribution < -0.4 is 0 Å². The molecule has 0 bridgehead atoms. The van der Waals surface area contributed by atoms with Crippen molar-refractivity contribution in [2.75, 3.05) is 0 Å². The van der Waals surface area contributed by atoms with Crippen molar-refractivity contribution in [2.45, 2.75) is 0 Å². The van der Waals surface area contributed by atoms with Gasteiger partial charge in [-0.25, -0.2) is 9.48 Å². The van der Waals surface area contributed by atoms with Gasteiger partial charge in [-0.15, -0.1) is 11.3 Å². The van der Waals surface area contributed by atoms with Gasteiger partial charge in [0.15, 0.2) is 5.69 Å². The van der Waals surface area contributed by atoms with Crippen LogP contribution in [0.2, 0.25) is 0 Å². The topological polar surface area (TPSA) is 75.3 Å². The lowest BCUT2D eigenvalue weighted by Gasteiger charge is -2.06. The minimum atomic E-state index is -1.08. The van der Waals surface area contributed by atoms with Crippen LogP contribution in [0.15, 0.2) is 47.8 Å². The van der Waals surface area contributed by atoms with E-state index >= 15 is 0 Å². The monoisotopic (exact) mass is 286 g/mol. The summed E-state index contributed by atoms with van der Waals surface area (Å²) in [7, 11) is 0. The van der Waals surface area contributed by atoms with Crippen molar-refractivity contribution in [1.82, 2.24) is 9.78 Å². The predicted octanol–water partition coefficient (Wildman–Crippen LogP) is 3.00. The zero-order valence-electron chi connectivity index (χ0n) is 10.2. The summed E-state index contributed by atoms with van der Waals surface area (Å²) in [6, 6.07) is 11.8. The number of thiophene rings is 1. The second kappa shape index (κ2) is 4.82. The number of carboxylic acid groups (broad SMARTS) is 1. The summed E-state index contributed by atoms with van der Waals surface area (Å²) in [6.07, 6.45) is 0. The molecule has 1 aromatic carbocycles. The summed E-state index contributed by atoms with van der Waals surface area (Å²) in [5, 5.41) is 24.7. The van der Waals surface area contributed by atoms with E-state index in [1.807, 2.05) is 17.5 Å². The highest BCUT2D eigenvalue weighted by Crippen LogP contribution is 2.28. The van der Waals surface area contributed by atoms with Crippen LogP contribution in [0.5, 0.6) is 5.75 Å². The van der Waals surface area contributed by atoms with Crippen molar-refractivity contribution >= 4 is 17.3 Å². The van der Waals surface area contributed by atoms with E-state index in [-0.39, 0.29) is 11.4 Å². The molecule has 2 N–H and O–H groups in total. The van der Waals surface area contributed by atoms with Gasteiger partial charge in [-0.05, 0) is 23.6 Å². The van der Waals surface area contributed by atoms with Crippen LogP contribution in [0.1, 0.15) is 10.5 Å². The molecule has 0 saturated carbocycles.